The van der Waals surface area contributed by atoms with Gasteiger partial charge in [-0.25, -0.2) is 13.8 Å². The lowest BCUT2D eigenvalue weighted by Gasteiger charge is -2.23. The standard InChI is InChI=1S/C21H19ClN4O3S/c1-16-5-11-20(12-6-16)30(28,29)26(19-9-7-17(22)8-10-19)15-21(27)25-24-14-18-4-2-3-13-23-18/h2-14H,15H2,1H3,(H,25,27)/b24-14-. The highest BCUT2D eigenvalue weighted by Crippen LogP contribution is 2.25. The molecule has 0 radical (unpaired) electrons. The molecule has 0 aliphatic heterocycles. The van der Waals surface area contributed by atoms with Crippen molar-refractivity contribution in [1.29, 1.82) is 0 Å². The summed E-state index contributed by atoms with van der Waals surface area (Å²) in [5, 5.41) is 4.29. The number of nitrogens with one attached hydrogen (secondary N) is 1. The largest absolute Gasteiger partial charge is 0.271 e. The van der Waals surface area contributed by atoms with E-state index in [4.69, 9.17) is 11.6 Å². The van der Waals surface area contributed by atoms with Crippen LogP contribution in [0.4, 0.5) is 5.69 Å². The van der Waals surface area contributed by atoms with Gasteiger partial charge < -0.3 is 0 Å². The highest BCUT2D eigenvalue weighted by molar-refractivity contribution is 7.92. The Morgan fingerprint density at radius 3 is 2.43 bits per heavy atom. The first-order chi connectivity index (χ1) is 14.4. The molecule has 0 bridgehead atoms. The van der Waals surface area contributed by atoms with Crippen LogP contribution in [0.5, 0.6) is 0 Å². The van der Waals surface area contributed by atoms with Gasteiger partial charge in [0.1, 0.15) is 6.54 Å². The first-order valence-electron chi connectivity index (χ1n) is 8.94. The summed E-state index contributed by atoms with van der Waals surface area (Å²) in [5.74, 6) is -0.604. The van der Waals surface area contributed by atoms with E-state index in [1.165, 1.54) is 18.3 Å². The Labute approximate surface area is 180 Å². The first-order valence-corrected chi connectivity index (χ1v) is 10.8. The third-order valence-electron chi connectivity index (χ3n) is 4.08. The van der Waals surface area contributed by atoms with Crippen LogP contribution in [0, 0.1) is 6.92 Å². The number of aryl methyl sites for hydroxylation is 1. The zero-order valence-corrected chi connectivity index (χ0v) is 17.6. The van der Waals surface area contributed by atoms with Gasteiger partial charge in [-0.1, -0.05) is 35.4 Å². The number of pyridine rings is 1. The van der Waals surface area contributed by atoms with E-state index < -0.39 is 22.5 Å². The predicted molar refractivity (Wildman–Crippen MR) is 117 cm³/mol. The number of aromatic nitrogens is 1. The fourth-order valence-electron chi connectivity index (χ4n) is 2.55. The molecule has 0 unspecified atom stereocenters. The lowest BCUT2D eigenvalue weighted by atomic mass is 10.2. The fourth-order valence-corrected chi connectivity index (χ4v) is 4.10. The Balaban J connectivity index is 1.84. The van der Waals surface area contributed by atoms with Gasteiger partial charge in [0.2, 0.25) is 0 Å². The number of amides is 1. The smallest absolute Gasteiger partial charge is 0.264 e. The molecule has 30 heavy (non-hydrogen) atoms. The van der Waals surface area contributed by atoms with Gasteiger partial charge >= 0.3 is 0 Å². The highest BCUT2D eigenvalue weighted by Gasteiger charge is 2.27. The van der Waals surface area contributed by atoms with E-state index in [1.807, 2.05) is 6.92 Å². The van der Waals surface area contributed by atoms with Crippen molar-refractivity contribution in [3.05, 3.63) is 89.2 Å². The molecule has 0 atom stereocenters. The maximum Gasteiger partial charge on any atom is 0.264 e. The van der Waals surface area contributed by atoms with Crippen LogP contribution in [0.25, 0.3) is 0 Å². The zero-order chi connectivity index (χ0) is 21.6. The second-order valence-electron chi connectivity index (χ2n) is 6.35. The number of carbonyl (C=O) groups is 1. The molecule has 2 aromatic carbocycles. The van der Waals surface area contributed by atoms with Gasteiger partial charge in [-0.05, 0) is 55.5 Å². The summed E-state index contributed by atoms with van der Waals surface area (Å²) in [6.07, 6.45) is 2.97. The molecule has 7 nitrogen and oxygen atoms in total. The number of nitrogens with zero attached hydrogens (tertiary/aromatic N) is 3. The SMILES string of the molecule is Cc1ccc(S(=O)(=O)N(CC(=O)N/N=C\c2ccccn2)c2ccc(Cl)cc2)cc1. The second kappa shape index (κ2) is 9.51. The Kier molecular flexibility index (Phi) is 6.81. The molecule has 1 aromatic heterocycles. The topological polar surface area (TPSA) is 91.7 Å². The number of hydrazone groups is 1. The number of rotatable bonds is 7. The molecule has 0 fully saturated rings. The van der Waals surface area contributed by atoms with Crippen molar-refractivity contribution in [3.63, 3.8) is 0 Å². The maximum absolute atomic E-state index is 13.2. The number of hydrogen-bond donors (Lipinski definition) is 1. The van der Waals surface area contributed by atoms with Crippen LogP contribution in [-0.4, -0.2) is 32.1 Å². The van der Waals surface area contributed by atoms with Gasteiger partial charge in [-0.15, -0.1) is 0 Å². The molecular weight excluding hydrogens is 424 g/mol. The van der Waals surface area contributed by atoms with Crippen LogP contribution in [0.2, 0.25) is 5.02 Å². The molecule has 0 saturated heterocycles. The third kappa shape index (κ3) is 5.43. The normalized spacial score (nSPS) is 11.4. The quantitative estimate of drug-likeness (QED) is 0.448. The lowest BCUT2D eigenvalue weighted by molar-refractivity contribution is -0.119. The molecule has 3 rings (SSSR count). The summed E-state index contributed by atoms with van der Waals surface area (Å²) in [5.41, 5.74) is 4.12. The van der Waals surface area contributed by atoms with E-state index in [0.29, 0.717) is 16.4 Å². The van der Waals surface area contributed by atoms with Crippen molar-refractivity contribution >= 4 is 39.4 Å². The van der Waals surface area contributed by atoms with Gasteiger partial charge in [-0.3, -0.25) is 14.1 Å². The third-order valence-corrected chi connectivity index (χ3v) is 6.12. The number of benzene rings is 2. The maximum atomic E-state index is 13.2. The van der Waals surface area contributed by atoms with E-state index in [2.05, 4.69) is 15.5 Å². The summed E-state index contributed by atoms with van der Waals surface area (Å²) in [6.45, 7) is 1.40. The number of sulfonamides is 1. The Morgan fingerprint density at radius 1 is 1.10 bits per heavy atom. The average molecular weight is 443 g/mol. The molecule has 1 amide bonds. The van der Waals surface area contributed by atoms with Crippen LogP contribution in [0.15, 0.2) is 82.9 Å². The van der Waals surface area contributed by atoms with Crippen LogP contribution >= 0.6 is 11.6 Å². The molecule has 0 spiro atoms. The van der Waals surface area contributed by atoms with Gasteiger partial charge in [0.05, 0.1) is 22.5 Å². The van der Waals surface area contributed by atoms with Crippen LogP contribution in [-0.2, 0) is 14.8 Å². The van der Waals surface area contributed by atoms with Crippen molar-refractivity contribution in [2.45, 2.75) is 11.8 Å². The Bertz CT molecular complexity index is 1130. The van der Waals surface area contributed by atoms with E-state index >= 15 is 0 Å². The van der Waals surface area contributed by atoms with E-state index in [9.17, 15) is 13.2 Å². The van der Waals surface area contributed by atoms with Crippen LogP contribution in [0.3, 0.4) is 0 Å². The molecule has 1 heterocycles. The monoisotopic (exact) mass is 442 g/mol. The van der Waals surface area contributed by atoms with Crippen molar-refractivity contribution in [2.75, 3.05) is 10.8 Å². The van der Waals surface area contributed by atoms with E-state index in [0.717, 1.165) is 9.87 Å². The molecule has 0 aliphatic carbocycles. The lowest BCUT2D eigenvalue weighted by Crippen LogP contribution is -2.39. The zero-order valence-electron chi connectivity index (χ0n) is 16.1. The summed E-state index contributed by atoms with van der Waals surface area (Å²) in [7, 11) is -3.99. The summed E-state index contributed by atoms with van der Waals surface area (Å²) < 4.78 is 27.5. The minimum atomic E-state index is -3.99. The van der Waals surface area contributed by atoms with Gasteiger partial charge in [0, 0.05) is 11.2 Å². The fraction of sp³-hybridized carbons (Fsp3) is 0.0952. The van der Waals surface area contributed by atoms with Crippen LogP contribution < -0.4 is 9.73 Å². The van der Waals surface area contributed by atoms with Gasteiger partial charge in [-0.2, -0.15) is 5.10 Å². The number of anilines is 1. The molecule has 0 saturated carbocycles. The summed E-state index contributed by atoms with van der Waals surface area (Å²) in [6, 6.07) is 17.9. The Morgan fingerprint density at radius 2 is 1.80 bits per heavy atom. The molecule has 1 N–H and O–H groups in total. The van der Waals surface area contributed by atoms with Crippen LogP contribution in [0.1, 0.15) is 11.3 Å². The van der Waals surface area contributed by atoms with Crippen molar-refractivity contribution in [3.8, 4) is 0 Å². The number of hydrogen-bond acceptors (Lipinski definition) is 5. The number of carbonyl (C=O) groups excluding carboxylic acids is 1. The summed E-state index contributed by atoms with van der Waals surface area (Å²) >= 11 is 5.93. The average Bonchev–Trinajstić information content (AvgIpc) is 2.74. The van der Waals surface area contributed by atoms with E-state index in [1.54, 1.807) is 60.8 Å². The predicted octanol–water partition coefficient (Wildman–Crippen LogP) is 3.39. The molecule has 0 aliphatic rings. The molecule has 154 valence electrons. The number of halogens is 1. The van der Waals surface area contributed by atoms with Gasteiger partial charge in [0.15, 0.2) is 0 Å². The van der Waals surface area contributed by atoms with Crippen molar-refractivity contribution < 1.29 is 13.2 Å². The molecule has 3 aromatic rings. The van der Waals surface area contributed by atoms with Gasteiger partial charge in [0.25, 0.3) is 15.9 Å². The Hall–Kier alpha value is -3.23. The summed E-state index contributed by atoms with van der Waals surface area (Å²) in [4.78, 5) is 16.6. The van der Waals surface area contributed by atoms with Crippen molar-refractivity contribution in [2.24, 2.45) is 5.10 Å². The molecular formula is C21H19ClN4O3S. The van der Waals surface area contributed by atoms with Crippen molar-refractivity contribution in [1.82, 2.24) is 10.4 Å². The first kappa shape index (κ1) is 21.5. The minimum absolute atomic E-state index is 0.0767. The molecule has 9 heteroatoms. The van der Waals surface area contributed by atoms with E-state index in [-0.39, 0.29) is 4.90 Å². The highest BCUT2D eigenvalue weighted by atomic mass is 35.5. The minimum Gasteiger partial charge on any atom is -0.271 e. The second-order valence-corrected chi connectivity index (χ2v) is 8.65.